The third-order valence-corrected chi connectivity index (χ3v) is 4.76. The SMILES string of the molecule is O=C(C[n+]1cc(-c2ccccc2)n2c1CCC2)c1cccc([N+](=O)[O-])c1.[Br-]. The van der Waals surface area contributed by atoms with Gasteiger partial charge in [-0.15, -0.1) is 0 Å². The molecule has 3 aromatic rings. The maximum atomic E-state index is 12.7. The highest BCUT2D eigenvalue weighted by Crippen LogP contribution is 2.24. The first-order valence-corrected chi connectivity index (χ1v) is 8.58. The molecule has 2 aromatic carbocycles. The van der Waals surface area contributed by atoms with Crippen LogP contribution in [0, 0.1) is 10.1 Å². The Morgan fingerprint density at radius 1 is 1.15 bits per heavy atom. The van der Waals surface area contributed by atoms with Crippen LogP contribution in [-0.4, -0.2) is 15.3 Å². The number of nitro groups is 1. The molecule has 2 heterocycles. The molecule has 0 fully saturated rings. The molecule has 0 radical (unpaired) electrons. The molecule has 27 heavy (non-hydrogen) atoms. The van der Waals surface area contributed by atoms with E-state index in [0.29, 0.717) is 5.56 Å². The van der Waals surface area contributed by atoms with Gasteiger partial charge in [0.05, 0.1) is 17.9 Å². The quantitative estimate of drug-likeness (QED) is 0.252. The molecule has 0 aliphatic carbocycles. The van der Waals surface area contributed by atoms with Gasteiger partial charge in [0.15, 0.2) is 12.2 Å². The van der Waals surface area contributed by atoms with E-state index >= 15 is 0 Å². The fraction of sp³-hybridized carbons (Fsp3) is 0.200. The second kappa shape index (κ2) is 7.84. The molecule has 0 spiro atoms. The number of aromatic nitrogens is 2. The number of non-ortho nitro benzene ring substituents is 1. The fourth-order valence-electron chi connectivity index (χ4n) is 3.52. The minimum atomic E-state index is -0.479. The number of halogens is 1. The number of benzene rings is 2. The normalized spacial score (nSPS) is 12.3. The average Bonchev–Trinajstić information content (AvgIpc) is 3.26. The van der Waals surface area contributed by atoms with E-state index < -0.39 is 4.92 Å². The van der Waals surface area contributed by atoms with E-state index in [-0.39, 0.29) is 35.0 Å². The zero-order chi connectivity index (χ0) is 18.1. The predicted octanol–water partition coefficient (Wildman–Crippen LogP) is 0.184. The maximum absolute atomic E-state index is 12.7. The molecule has 1 aliphatic rings. The third-order valence-electron chi connectivity index (χ3n) is 4.76. The van der Waals surface area contributed by atoms with Crippen molar-refractivity contribution in [2.24, 2.45) is 0 Å². The van der Waals surface area contributed by atoms with Crippen LogP contribution in [0.5, 0.6) is 0 Å². The van der Waals surface area contributed by atoms with E-state index in [1.165, 1.54) is 12.1 Å². The largest absolute Gasteiger partial charge is 1.00 e. The van der Waals surface area contributed by atoms with Gasteiger partial charge in [-0.2, -0.15) is 0 Å². The van der Waals surface area contributed by atoms with Crippen LogP contribution in [0.25, 0.3) is 11.3 Å². The molecule has 4 rings (SSSR count). The van der Waals surface area contributed by atoms with Crippen LogP contribution in [0.15, 0.2) is 60.8 Å². The second-order valence-corrected chi connectivity index (χ2v) is 6.41. The number of ketones is 1. The fourth-order valence-corrected chi connectivity index (χ4v) is 3.52. The number of nitro benzene ring substituents is 1. The Bertz CT molecular complexity index is 999. The highest BCUT2D eigenvalue weighted by molar-refractivity contribution is 5.95. The summed E-state index contributed by atoms with van der Waals surface area (Å²) in [6, 6.07) is 16.0. The molecule has 7 heteroatoms. The molecule has 1 aliphatic heterocycles. The number of Topliss-reactive ketones (excluding diaryl/α,β-unsaturated/α-hetero) is 1. The van der Waals surface area contributed by atoms with Crippen LogP contribution in [0.1, 0.15) is 22.6 Å². The van der Waals surface area contributed by atoms with E-state index in [4.69, 9.17) is 0 Å². The van der Waals surface area contributed by atoms with Crippen molar-refractivity contribution < 1.29 is 31.3 Å². The summed E-state index contributed by atoms with van der Waals surface area (Å²) in [6.07, 6.45) is 4.00. The molecule has 0 unspecified atom stereocenters. The number of carbonyl (C=O) groups excluding carboxylic acids is 1. The van der Waals surface area contributed by atoms with Crippen LogP contribution >= 0.6 is 0 Å². The van der Waals surface area contributed by atoms with Crippen molar-refractivity contribution in [1.82, 2.24) is 4.57 Å². The molecule has 0 bridgehead atoms. The van der Waals surface area contributed by atoms with Crippen LogP contribution in [0.3, 0.4) is 0 Å². The van der Waals surface area contributed by atoms with Gasteiger partial charge in [-0.3, -0.25) is 14.9 Å². The van der Waals surface area contributed by atoms with Crippen LogP contribution in [0.4, 0.5) is 5.69 Å². The lowest BCUT2D eigenvalue weighted by Gasteiger charge is -2.00. The van der Waals surface area contributed by atoms with E-state index in [1.54, 1.807) is 12.1 Å². The van der Waals surface area contributed by atoms with Crippen LogP contribution < -0.4 is 21.5 Å². The lowest BCUT2D eigenvalue weighted by Crippen LogP contribution is -3.00. The van der Waals surface area contributed by atoms with Crippen LogP contribution in [-0.2, 0) is 19.5 Å². The van der Waals surface area contributed by atoms with Crippen molar-refractivity contribution in [3.63, 3.8) is 0 Å². The molecule has 0 atom stereocenters. The average molecular weight is 428 g/mol. The number of hydrogen-bond acceptors (Lipinski definition) is 3. The highest BCUT2D eigenvalue weighted by atomic mass is 79.9. The van der Waals surface area contributed by atoms with Gasteiger partial charge in [0.2, 0.25) is 5.78 Å². The Morgan fingerprint density at radius 3 is 2.67 bits per heavy atom. The summed E-state index contributed by atoms with van der Waals surface area (Å²) < 4.78 is 4.24. The number of hydrogen-bond donors (Lipinski definition) is 0. The van der Waals surface area contributed by atoms with Crippen molar-refractivity contribution in [3.05, 3.63) is 82.3 Å². The number of nitrogens with zero attached hydrogens (tertiary/aromatic N) is 3. The molecule has 0 saturated carbocycles. The van der Waals surface area contributed by atoms with Crippen molar-refractivity contribution in [1.29, 1.82) is 0 Å². The second-order valence-electron chi connectivity index (χ2n) is 6.41. The van der Waals surface area contributed by atoms with E-state index in [2.05, 4.69) is 16.7 Å². The summed E-state index contributed by atoms with van der Waals surface area (Å²) >= 11 is 0. The standard InChI is InChI=1S/C20H18N3O3.BrH/c24-19(16-8-4-9-17(12-16)23(25)26)14-21-13-18(15-6-2-1-3-7-15)22-11-5-10-20(21)22;/h1-4,6-9,12-13H,5,10-11,14H2;1H/q+1;/p-1. The van der Waals surface area contributed by atoms with Gasteiger partial charge in [0, 0.05) is 23.3 Å². The summed E-state index contributed by atoms with van der Waals surface area (Å²) in [5.74, 6) is 1.00. The number of carbonyl (C=O) groups is 1. The number of rotatable bonds is 5. The van der Waals surface area contributed by atoms with Gasteiger partial charge in [-0.05, 0) is 6.42 Å². The van der Waals surface area contributed by atoms with Crippen molar-refractivity contribution in [2.45, 2.75) is 25.9 Å². The monoisotopic (exact) mass is 427 g/mol. The summed E-state index contributed by atoms with van der Waals surface area (Å²) in [4.78, 5) is 23.1. The van der Waals surface area contributed by atoms with Gasteiger partial charge in [0.1, 0.15) is 6.20 Å². The summed E-state index contributed by atoms with van der Waals surface area (Å²) in [7, 11) is 0. The Hall–Kier alpha value is -2.80. The topological polar surface area (TPSA) is 69.0 Å². The van der Waals surface area contributed by atoms with E-state index in [0.717, 1.165) is 36.5 Å². The van der Waals surface area contributed by atoms with Crippen molar-refractivity contribution in [3.8, 4) is 11.3 Å². The lowest BCUT2D eigenvalue weighted by molar-refractivity contribution is -0.689. The predicted molar refractivity (Wildman–Crippen MR) is 95.8 cm³/mol. The first-order valence-electron chi connectivity index (χ1n) is 8.58. The first-order chi connectivity index (χ1) is 12.6. The highest BCUT2D eigenvalue weighted by Gasteiger charge is 2.29. The Balaban J connectivity index is 0.00000210. The maximum Gasteiger partial charge on any atom is 0.270 e. The summed E-state index contributed by atoms with van der Waals surface area (Å²) in [5.41, 5.74) is 2.53. The van der Waals surface area contributed by atoms with Crippen molar-refractivity contribution in [2.75, 3.05) is 0 Å². The Labute approximate surface area is 167 Å². The minimum Gasteiger partial charge on any atom is -1.00 e. The zero-order valence-electron chi connectivity index (χ0n) is 14.5. The lowest BCUT2D eigenvalue weighted by atomic mass is 10.1. The zero-order valence-corrected chi connectivity index (χ0v) is 16.1. The van der Waals surface area contributed by atoms with E-state index in [9.17, 15) is 14.9 Å². The Morgan fingerprint density at radius 2 is 1.93 bits per heavy atom. The molecule has 0 N–H and O–H groups in total. The Kier molecular flexibility index (Phi) is 5.51. The molecular formula is C20H18BrN3O3. The van der Waals surface area contributed by atoms with Crippen LogP contribution in [0.2, 0.25) is 0 Å². The molecule has 1 aromatic heterocycles. The van der Waals surface area contributed by atoms with Gasteiger partial charge in [-0.25, -0.2) is 9.13 Å². The molecule has 6 nitrogen and oxygen atoms in total. The van der Waals surface area contributed by atoms with Gasteiger partial charge in [-0.1, -0.05) is 42.5 Å². The van der Waals surface area contributed by atoms with Gasteiger partial charge < -0.3 is 17.0 Å². The summed E-state index contributed by atoms with van der Waals surface area (Å²) in [5, 5.41) is 10.9. The molecule has 0 saturated heterocycles. The van der Waals surface area contributed by atoms with E-state index in [1.807, 2.05) is 29.0 Å². The number of fused-ring (bicyclic) bond motifs is 1. The molecular weight excluding hydrogens is 410 g/mol. The molecule has 0 amide bonds. The van der Waals surface area contributed by atoms with Crippen molar-refractivity contribution >= 4 is 11.5 Å². The van der Waals surface area contributed by atoms with Gasteiger partial charge >= 0.3 is 0 Å². The summed E-state index contributed by atoms with van der Waals surface area (Å²) in [6.45, 7) is 1.13. The minimum absolute atomic E-state index is 0. The number of imidazole rings is 1. The first kappa shape index (κ1) is 19.0. The third kappa shape index (κ3) is 3.68. The van der Waals surface area contributed by atoms with Gasteiger partial charge in [0.25, 0.3) is 11.5 Å². The smallest absolute Gasteiger partial charge is 0.270 e. The molecule has 138 valence electrons.